The third kappa shape index (κ3) is 3.47. The Morgan fingerprint density at radius 2 is 1.78 bits per heavy atom. The van der Waals surface area contributed by atoms with Crippen LogP contribution in [0, 0.1) is 0 Å². The van der Waals surface area contributed by atoms with Crippen LogP contribution < -0.4 is 5.32 Å². The number of halogens is 1. The third-order valence-electron chi connectivity index (χ3n) is 3.27. The van der Waals surface area contributed by atoms with Crippen LogP contribution in [-0.2, 0) is 0 Å². The molecule has 98 valence electrons. The van der Waals surface area contributed by atoms with E-state index in [-0.39, 0.29) is 12.4 Å². The first kappa shape index (κ1) is 15.0. The second kappa shape index (κ2) is 7.40. The van der Waals surface area contributed by atoms with E-state index in [1.54, 1.807) is 0 Å². The van der Waals surface area contributed by atoms with Crippen LogP contribution in [-0.4, -0.2) is 6.54 Å². The molecule has 0 amide bonds. The Morgan fingerprint density at radius 3 is 2.56 bits per heavy atom. The van der Waals surface area contributed by atoms with Gasteiger partial charge in [-0.25, -0.2) is 0 Å². The topological polar surface area (TPSA) is 12.0 Å². The molecule has 0 saturated carbocycles. The van der Waals surface area contributed by atoms with Gasteiger partial charge in [-0.3, -0.25) is 0 Å². The van der Waals surface area contributed by atoms with Crippen molar-refractivity contribution in [2.24, 2.45) is 0 Å². The lowest BCUT2D eigenvalue weighted by atomic mass is 10.00. The zero-order valence-electron chi connectivity index (χ0n) is 11.1. The summed E-state index contributed by atoms with van der Waals surface area (Å²) in [6.45, 7) is 5.57. The Morgan fingerprint density at radius 1 is 1.06 bits per heavy atom. The average Bonchev–Trinajstić information content (AvgIpc) is 2.38. The summed E-state index contributed by atoms with van der Waals surface area (Å²) in [6.07, 6.45) is 2.49. The van der Waals surface area contributed by atoms with Crippen molar-refractivity contribution in [3.05, 3.63) is 48.0 Å². The Kier molecular flexibility index (Phi) is 6.17. The first-order chi connectivity index (χ1) is 8.33. The lowest BCUT2D eigenvalue weighted by Crippen LogP contribution is -2.19. The van der Waals surface area contributed by atoms with E-state index in [2.05, 4.69) is 61.6 Å². The summed E-state index contributed by atoms with van der Waals surface area (Å²) in [5.41, 5.74) is 1.40. The predicted molar refractivity (Wildman–Crippen MR) is 82.5 cm³/mol. The zero-order chi connectivity index (χ0) is 12.1. The molecule has 0 aliphatic heterocycles. The van der Waals surface area contributed by atoms with Crippen molar-refractivity contribution >= 4 is 23.2 Å². The molecule has 1 atom stereocenters. The Hall–Kier alpha value is -1.05. The summed E-state index contributed by atoms with van der Waals surface area (Å²) < 4.78 is 0. The van der Waals surface area contributed by atoms with E-state index in [1.807, 2.05) is 0 Å². The fourth-order valence-corrected chi connectivity index (χ4v) is 2.23. The summed E-state index contributed by atoms with van der Waals surface area (Å²) in [6, 6.07) is 15.6. The summed E-state index contributed by atoms with van der Waals surface area (Å²) >= 11 is 0. The molecule has 2 aromatic carbocycles. The second-order valence-corrected chi connectivity index (χ2v) is 4.60. The van der Waals surface area contributed by atoms with Gasteiger partial charge in [-0.05, 0) is 36.2 Å². The van der Waals surface area contributed by atoms with Gasteiger partial charge in [0.15, 0.2) is 0 Å². The van der Waals surface area contributed by atoms with Crippen LogP contribution in [0.5, 0.6) is 0 Å². The highest BCUT2D eigenvalue weighted by atomic mass is 35.5. The first-order valence-electron chi connectivity index (χ1n) is 6.54. The van der Waals surface area contributed by atoms with Gasteiger partial charge in [0.05, 0.1) is 0 Å². The predicted octanol–water partition coefficient (Wildman–Crippen LogP) is 4.71. The fraction of sp³-hybridized carbons (Fsp3) is 0.375. The molecule has 0 spiro atoms. The van der Waals surface area contributed by atoms with Crippen LogP contribution in [0.1, 0.15) is 38.3 Å². The van der Waals surface area contributed by atoms with Crippen molar-refractivity contribution in [3.8, 4) is 0 Å². The highest BCUT2D eigenvalue weighted by Crippen LogP contribution is 2.23. The van der Waals surface area contributed by atoms with Crippen molar-refractivity contribution < 1.29 is 0 Å². The first-order valence-corrected chi connectivity index (χ1v) is 6.54. The van der Waals surface area contributed by atoms with Gasteiger partial charge in [0.25, 0.3) is 0 Å². The van der Waals surface area contributed by atoms with Gasteiger partial charge in [-0.1, -0.05) is 55.8 Å². The molecule has 0 heterocycles. The summed E-state index contributed by atoms with van der Waals surface area (Å²) in [5.74, 6) is 0. The molecule has 0 unspecified atom stereocenters. The molecule has 18 heavy (non-hydrogen) atoms. The highest BCUT2D eigenvalue weighted by Gasteiger charge is 2.07. The molecule has 1 N–H and O–H groups in total. The molecular weight excluding hydrogens is 242 g/mol. The lowest BCUT2D eigenvalue weighted by molar-refractivity contribution is 0.557. The van der Waals surface area contributed by atoms with Gasteiger partial charge in [0, 0.05) is 6.04 Å². The van der Waals surface area contributed by atoms with Crippen LogP contribution in [0.15, 0.2) is 42.5 Å². The molecule has 0 bridgehead atoms. The number of fused-ring (bicyclic) bond motifs is 1. The number of rotatable bonds is 5. The van der Waals surface area contributed by atoms with E-state index in [9.17, 15) is 0 Å². The van der Waals surface area contributed by atoms with Crippen LogP contribution in [0.4, 0.5) is 0 Å². The smallest absolute Gasteiger partial charge is 0.0297 e. The Bertz CT molecular complexity index is 476. The van der Waals surface area contributed by atoms with Crippen molar-refractivity contribution in [1.29, 1.82) is 0 Å². The van der Waals surface area contributed by atoms with Crippen molar-refractivity contribution in [2.75, 3.05) is 6.54 Å². The van der Waals surface area contributed by atoms with Crippen molar-refractivity contribution in [1.82, 2.24) is 5.32 Å². The minimum atomic E-state index is 0. The van der Waals surface area contributed by atoms with E-state index in [0.29, 0.717) is 6.04 Å². The number of nitrogens with one attached hydrogen (secondary N) is 1. The number of benzene rings is 2. The summed E-state index contributed by atoms with van der Waals surface area (Å²) in [7, 11) is 0. The molecule has 0 radical (unpaired) electrons. The standard InChI is InChI=1S/C16H21N.ClH/c1-3-4-12-17-13(2)15-11-7-9-14-8-5-6-10-16(14)15;/h5-11,13,17H,3-4,12H2,1-2H3;1H/t13-;/m1./s1. The van der Waals surface area contributed by atoms with Crippen molar-refractivity contribution in [3.63, 3.8) is 0 Å². The average molecular weight is 264 g/mol. The van der Waals surface area contributed by atoms with E-state index < -0.39 is 0 Å². The molecule has 2 aromatic rings. The molecule has 2 rings (SSSR count). The summed E-state index contributed by atoms with van der Waals surface area (Å²) in [4.78, 5) is 0. The Labute approximate surface area is 116 Å². The SMILES string of the molecule is CCCCN[C@H](C)c1cccc2ccccc12.Cl. The molecule has 1 nitrogen and oxygen atoms in total. The second-order valence-electron chi connectivity index (χ2n) is 4.60. The van der Waals surface area contributed by atoms with Gasteiger partial charge in [0.1, 0.15) is 0 Å². The highest BCUT2D eigenvalue weighted by molar-refractivity contribution is 5.86. The molecule has 0 aliphatic carbocycles. The van der Waals surface area contributed by atoms with E-state index >= 15 is 0 Å². The van der Waals surface area contributed by atoms with Crippen LogP contribution in [0.3, 0.4) is 0 Å². The Balaban J connectivity index is 0.00000162. The third-order valence-corrected chi connectivity index (χ3v) is 3.27. The van der Waals surface area contributed by atoms with Crippen LogP contribution in [0.2, 0.25) is 0 Å². The largest absolute Gasteiger partial charge is 0.310 e. The molecule has 0 fully saturated rings. The van der Waals surface area contributed by atoms with E-state index in [1.165, 1.54) is 29.2 Å². The minimum Gasteiger partial charge on any atom is -0.310 e. The number of unbranched alkanes of at least 4 members (excludes halogenated alkanes) is 1. The fourth-order valence-electron chi connectivity index (χ4n) is 2.23. The normalized spacial score (nSPS) is 12.1. The van der Waals surface area contributed by atoms with Gasteiger partial charge in [0.2, 0.25) is 0 Å². The van der Waals surface area contributed by atoms with Crippen LogP contribution >= 0.6 is 12.4 Å². The van der Waals surface area contributed by atoms with Gasteiger partial charge >= 0.3 is 0 Å². The van der Waals surface area contributed by atoms with Crippen LogP contribution in [0.25, 0.3) is 10.8 Å². The van der Waals surface area contributed by atoms with E-state index in [4.69, 9.17) is 0 Å². The zero-order valence-corrected chi connectivity index (χ0v) is 12.0. The number of hydrogen-bond acceptors (Lipinski definition) is 1. The minimum absolute atomic E-state index is 0. The monoisotopic (exact) mass is 263 g/mol. The van der Waals surface area contributed by atoms with Crippen molar-refractivity contribution in [2.45, 2.75) is 32.7 Å². The van der Waals surface area contributed by atoms with Gasteiger partial charge in [-0.2, -0.15) is 0 Å². The van der Waals surface area contributed by atoms with E-state index in [0.717, 1.165) is 6.54 Å². The lowest BCUT2D eigenvalue weighted by Gasteiger charge is -2.16. The summed E-state index contributed by atoms with van der Waals surface area (Å²) in [5, 5.41) is 6.29. The molecule has 2 heteroatoms. The molecule has 0 aliphatic rings. The molecule has 0 aromatic heterocycles. The molecular formula is C16H22ClN. The maximum Gasteiger partial charge on any atom is 0.0297 e. The van der Waals surface area contributed by atoms with Gasteiger partial charge < -0.3 is 5.32 Å². The maximum absolute atomic E-state index is 3.59. The quantitative estimate of drug-likeness (QED) is 0.770. The van der Waals surface area contributed by atoms with Gasteiger partial charge in [-0.15, -0.1) is 12.4 Å². The maximum atomic E-state index is 3.59. The number of hydrogen-bond donors (Lipinski definition) is 1. The molecule has 0 saturated heterocycles.